The highest BCUT2D eigenvalue weighted by molar-refractivity contribution is 5.99. The Morgan fingerprint density at radius 2 is 1.89 bits per heavy atom. The van der Waals surface area contributed by atoms with Gasteiger partial charge in [-0.2, -0.15) is 0 Å². The number of halogens is 1. The van der Waals surface area contributed by atoms with Gasteiger partial charge in [-0.3, -0.25) is 9.59 Å². The molecule has 2 aliphatic rings. The first kappa shape index (κ1) is 22.2. The van der Waals surface area contributed by atoms with Crippen molar-refractivity contribution < 1.29 is 27.8 Å². The van der Waals surface area contributed by atoms with Crippen molar-refractivity contribution in [3.8, 4) is 17.2 Å². The van der Waals surface area contributed by atoms with Gasteiger partial charge in [0.2, 0.25) is 12.6 Å². The number of ether oxygens (including phenoxy) is 3. The molecule has 0 fully saturated rings. The van der Waals surface area contributed by atoms with Crippen molar-refractivity contribution in [1.29, 1.82) is 0 Å². The van der Waals surface area contributed by atoms with Gasteiger partial charge >= 0.3 is 0 Å². The summed E-state index contributed by atoms with van der Waals surface area (Å²) in [5.74, 6) is 0.855. The monoisotopic (exact) mass is 487 g/mol. The Morgan fingerprint density at radius 1 is 1.03 bits per heavy atom. The van der Waals surface area contributed by atoms with Crippen LogP contribution in [0.1, 0.15) is 46.6 Å². The Kier molecular flexibility index (Phi) is 5.36. The molecule has 1 amide bonds. The third kappa shape index (κ3) is 3.66. The van der Waals surface area contributed by atoms with Crippen LogP contribution in [-0.2, 0) is 6.54 Å². The second-order valence-corrected chi connectivity index (χ2v) is 8.76. The largest absolute Gasteiger partial charge is 0.494 e. The summed E-state index contributed by atoms with van der Waals surface area (Å²) < 4.78 is 36.6. The number of hydrogen-bond donors (Lipinski definition) is 0. The van der Waals surface area contributed by atoms with Crippen molar-refractivity contribution in [3.05, 3.63) is 99.2 Å². The summed E-state index contributed by atoms with van der Waals surface area (Å²) >= 11 is 0. The molecule has 1 aromatic heterocycles. The summed E-state index contributed by atoms with van der Waals surface area (Å²) in [6.45, 7) is 2.88. The van der Waals surface area contributed by atoms with Gasteiger partial charge in [-0.05, 0) is 60.0 Å². The molecular formula is C28H22FNO6. The van der Waals surface area contributed by atoms with E-state index in [1.165, 1.54) is 12.1 Å². The highest BCUT2D eigenvalue weighted by Gasteiger charge is 2.43. The van der Waals surface area contributed by atoms with Gasteiger partial charge in [0.15, 0.2) is 16.9 Å². The highest BCUT2D eigenvalue weighted by Crippen LogP contribution is 2.41. The van der Waals surface area contributed by atoms with Gasteiger partial charge < -0.3 is 23.5 Å². The van der Waals surface area contributed by atoms with E-state index >= 15 is 0 Å². The number of benzene rings is 3. The van der Waals surface area contributed by atoms with Gasteiger partial charge in [-0.25, -0.2) is 4.39 Å². The van der Waals surface area contributed by atoms with Crippen LogP contribution in [0.2, 0.25) is 0 Å². The second kappa shape index (κ2) is 8.71. The maximum Gasteiger partial charge on any atom is 0.291 e. The molecule has 1 atom stereocenters. The van der Waals surface area contributed by atoms with Crippen LogP contribution in [-0.4, -0.2) is 24.2 Å². The van der Waals surface area contributed by atoms with Crippen molar-refractivity contribution in [2.45, 2.75) is 25.9 Å². The van der Waals surface area contributed by atoms with Crippen molar-refractivity contribution in [2.75, 3.05) is 13.4 Å². The summed E-state index contributed by atoms with van der Waals surface area (Å²) in [5, 5.41) is 0.0925. The van der Waals surface area contributed by atoms with Crippen LogP contribution in [0.25, 0.3) is 11.0 Å². The van der Waals surface area contributed by atoms with E-state index in [1.54, 1.807) is 11.0 Å². The minimum Gasteiger partial charge on any atom is -0.494 e. The SMILES string of the molecule is CCCOc1cccc(C2c3c(oc4ccc(F)cc4c3=O)C(=O)N2Cc2ccc3c(c2)OCO3)c1. The fourth-order valence-electron chi connectivity index (χ4n) is 4.73. The maximum absolute atomic E-state index is 14.0. The first-order valence-electron chi connectivity index (χ1n) is 11.7. The average molecular weight is 487 g/mol. The van der Waals surface area contributed by atoms with Crippen LogP contribution in [0.3, 0.4) is 0 Å². The maximum atomic E-state index is 14.0. The zero-order valence-corrected chi connectivity index (χ0v) is 19.5. The molecule has 3 heterocycles. The predicted molar refractivity (Wildman–Crippen MR) is 129 cm³/mol. The molecule has 8 heteroatoms. The summed E-state index contributed by atoms with van der Waals surface area (Å²) in [5.41, 5.74) is 1.41. The van der Waals surface area contributed by atoms with E-state index in [4.69, 9.17) is 18.6 Å². The lowest BCUT2D eigenvalue weighted by Crippen LogP contribution is -2.29. The van der Waals surface area contributed by atoms with Gasteiger partial charge in [-0.15, -0.1) is 0 Å². The first-order chi connectivity index (χ1) is 17.5. The average Bonchev–Trinajstić information content (AvgIpc) is 3.46. The molecule has 36 heavy (non-hydrogen) atoms. The van der Waals surface area contributed by atoms with Crippen molar-refractivity contribution in [2.24, 2.45) is 0 Å². The van der Waals surface area contributed by atoms with E-state index in [1.807, 2.05) is 43.3 Å². The molecular weight excluding hydrogens is 465 g/mol. The normalized spacial score (nSPS) is 16.0. The molecule has 0 saturated carbocycles. The van der Waals surface area contributed by atoms with E-state index in [9.17, 15) is 14.0 Å². The number of carbonyl (C=O) groups is 1. The fraction of sp³-hybridized carbons (Fsp3) is 0.214. The minimum absolute atomic E-state index is 0.0373. The van der Waals surface area contributed by atoms with Crippen LogP contribution in [0.5, 0.6) is 17.2 Å². The molecule has 0 spiro atoms. The standard InChI is InChI=1S/C28H22FNO6/c1-2-10-33-19-5-3-4-17(12-19)25-24-26(31)20-13-18(29)7-9-21(20)36-27(24)28(32)30(25)14-16-6-8-22-23(11-16)35-15-34-22/h3-9,11-13,25H,2,10,14-15H2,1H3. The molecule has 0 N–H and O–H groups in total. The second-order valence-electron chi connectivity index (χ2n) is 8.76. The molecule has 1 unspecified atom stereocenters. The van der Waals surface area contributed by atoms with Gasteiger partial charge in [-0.1, -0.05) is 25.1 Å². The molecule has 0 aliphatic carbocycles. The number of rotatable bonds is 6. The molecule has 7 nitrogen and oxygen atoms in total. The number of nitrogens with zero attached hydrogens (tertiary/aromatic N) is 1. The van der Waals surface area contributed by atoms with Crippen LogP contribution in [0.15, 0.2) is 69.9 Å². The Morgan fingerprint density at radius 3 is 2.75 bits per heavy atom. The highest BCUT2D eigenvalue weighted by atomic mass is 19.1. The van der Waals surface area contributed by atoms with E-state index in [2.05, 4.69) is 0 Å². The van der Waals surface area contributed by atoms with Crippen molar-refractivity contribution in [3.63, 3.8) is 0 Å². The molecule has 3 aromatic carbocycles. The lowest BCUT2D eigenvalue weighted by atomic mass is 9.98. The Balaban J connectivity index is 1.50. The minimum atomic E-state index is -0.744. The van der Waals surface area contributed by atoms with E-state index < -0.39 is 23.2 Å². The Bertz CT molecular complexity index is 1560. The molecule has 6 rings (SSSR count). The van der Waals surface area contributed by atoms with Crippen molar-refractivity contribution in [1.82, 2.24) is 4.90 Å². The van der Waals surface area contributed by atoms with Crippen LogP contribution >= 0.6 is 0 Å². The summed E-state index contributed by atoms with van der Waals surface area (Å²) in [6, 6.07) is 15.7. The summed E-state index contributed by atoms with van der Waals surface area (Å²) in [4.78, 5) is 28.9. The number of fused-ring (bicyclic) bond motifs is 3. The Hall–Kier alpha value is -4.33. The van der Waals surface area contributed by atoms with Crippen LogP contribution in [0.4, 0.5) is 4.39 Å². The van der Waals surface area contributed by atoms with Gasteiger partial charge in [0.1, 0.15) is 17.1 Å². The van der Waals surface area contributed by atoms with Crippen LogP contribution < -0.4 is 19.6 Å². The lowest BCUT2D eigenvalue weighted by molar-refractivity contribution is 0.0714. The smallest absolute Gasteiger partial charge is 0.291 e. The zero-order chi connectivity index (χ0) is 24.8. The zero-order valence-electron chi connectivity index (χ0n) is 19.5. The summed E-state index contributed by atoms with van der Waals surface area (Å²) in [7, 11) is 0. The van der Waals surface area contributed by atoms with Gasteiger partial charge in [0, 0.05) is 6.54 Å². The predicted octanol–water partition coefficient (Wildman–Crippen LogP) is 5.20. The molecule has 0 bridgehead atoms. The molecule has 182 valence electrons. The number of hydrogen-bond acceptors (Lipinski definition) is 6. The molecule has 2 aliphatic heterocycles. The number of carbonyl (C=O) groups excluding carboxylic acids is 1. The Labute approximate surface area is 205 Å². The third-order valence-electron chi connectivity index (χ3n) is 6.36. The third-order valence-corrected chi connectivity index (χ3v) is 6.36. The van der Waals surface area contributed by atoms with Crippen LogP contribution in [0, 0.1) is 5.82 Å². The van der Waals surface area contributed by atoms with Gasteiger partial charge in [0.05, 0.1) is 23.6 Å². The van der Waals surface area contributed by atoms with Crippen molar-refractivity contribution >= 4 is 16.9 Å². The number of amides is 1. The molecule has 4 aromatic rings. The molecule has 0 radical (unpaired) electrons. The quantitative estimate of drug-likeness (QED) is 0.372. The first-order valence-corrected chi connectivity index (χ1v) is 11.7. The summed E-state index contributed by atoms with van der Waals surface area (Å²) in [6.07, 6.45) is 0.840. The lowest BCUT2D eigenvalue weighted by Gasteiger charge is -2.25. The van der Waals surface area contributed by atoms with Gasteiger partial charge in [0.25, 0.3) is 5.91 Å². The van der Waals surface area contributed by atoms with E-state index in [0.29, 0.717) is 29.4 Å². The van der Waals surface area contributed by atoms with E-state index in [0.717, 1.165) is 18.1 Å². The van der Waals surface area contributed by atoms with E-state index in [-0.39, 0.29) is 35.6 Å². The molecule has 0 saturated heterocycles. The topological polar surface area (TPSA) is 78.2 Å². The fourth-order valence-corrected chi connectivity index (χ4v) is 4.73.